The van der Waals surface area contributed by atoms with E-state index in [1.54, 1.807) is 6.07 Å². The van der Waals surface area contributed by atoms with Gasteiger partial charge in [-0.05, 0) is 13.0 Å². The number of hydrogen-bond acceptors (Lipinski definition) is 5. The normalized spacial score (nSPS) is 10.8. The van der Waals surface area contributed by atoms with Gasteiger partial charge in [-0.15, -0.1) is 5.10 Å². The predicted octanol–water partition coefficient (Wildman–Crippen LogP) is 1.21. The molecule has 0 saturated carbocycles. The zero-order valence-electron chi connectivity index (χ0n) is 10.4. The van der Waals surface area contributed by atoms with Crippen LogP contribution in [-0.2, 0) is 4.79 Å². The van der Waals surface area contributed by atoms with Crippen molar-refractivity contribution in [1.29, 1.82) is 0 Å². The van der Waals surface area contributed by atoms with E-state index < -0.39 is 5.97 Å². The monoisotopic (exact) mass is 260 g/mol. The summed E-state index contributed by atoms with van der Waals surface area (Å²) in [6, 6.07) is 3.54. The van der Waals surface area contributed by atoms with Gasteiger partial charge in [0.25, 0.3) is 0 Å². The summed E-state index contributed by atoms with van der Waals surface area (Å²) in [6.45, 7) is 1.84. The molecule has 2 aromatic heterocycles. The molecule has 2 aromatic rings. The van der Waals surface area contributed by atoms with Crippen molar-refractivity contribution in [2.45, 2.75) is 6.92 Å². The van der Waals surface area contributed by atoms with Crippen LogP contribution in [0.15, 0.2) is 24.5 Å². The van der Waals surface area contributed by atoms with E-state index >= 15 is 0 Å². The Labute approximate surface area is 109 Å². The number of rotatable bonds is 4. The zero-order valence-corrected chi connectivity index (χ0v) is 10.4. The second-order valence-electron chi connectivity index (χ2n) is 3.74. The summed E-state index contributed by atoms with van der Waals surface area (Å²) in [5.74, 6) is -0.0928. The summed E-state index contributed by atoms with van der Waals surface area (Å²) in [4.78, 5) is 18.7. The number of hydrogen-bond donors (Lipinski definition) is 1. The first-order valence-corrected chi connectivity index (χ1v) is 5.44. The lowest BCUT2D eigenvalue weighted by Gasteiger charge is -2.02. The number of aromatic nitrogens is 4. The van der Waals surface area contributed by atoms with Gasteiger partial charge in [-0.3, -0.25) is 0 Å². The lowest BCUT2D eigenvalue weighted by molar-refractivity contribution is -0.131. The fourth-order valence-corrected chi connectivity index (χ4v) is 1.49. The summed E-state index contributed by atoms with van der Waals surface area (Å²) in [5, 5.41) is 12.7. The highest BCUT2D eigenvalue weighted by Gasteiger charge is 2.07. The Morgan fingerprint density at radius 3 is 2.95 bits per heavy atom. The topological polar surface area (TPSA) is 90.1 Å². The summed E-state index contributed by atoms with van der Waals surface area (Å²) < 4.78 is 6.40. The summed E-state index contributed by atoms with van der Waals surface area (Å²) >= 11 is 0. The molecule has 0 aliphatic carbocycles. The molecule has 0 fully saturated rings. The molecule has 0 aliphatic heterocycles. The molecule has 0 atom stereocenters. The number of carbonyl (C=O) groups is 1. The van der Waals surface area contributed by atoms with E-state index in [4.69, 9.17) is 9.84 Å². The van der Waals surface area contributed by atoms with Crippen molar-refractivity contribution in [2.75, 3.05) is 7.11 Å². The van der Waals surface area contributed by atoms with Crippen molar-refractivity contribution in [3.8, 4) is 17.3 Å². The number of pyridine rings is 1. The Hall–Kier alpha value is -2.70. The van der Waals surface area contributed by atoms with Gasteiger partial charge in [-0.1, -0.05) is 0 Å². The average Bonchev–Trinajstić information content (AvgIpc) is 2.84. The molecule has 0 radical (unpaired) electrons. The number of nitrogens with zero attached hydrogens (tertiary/aromatic N) is 4. The maximum absolute atomic E-state index is 10.4. The van der Waals surface area contributed by atoms with Gasteiger partial charge >= 0.3 is 5.97 Å². The molecule has 19 heavy (non-hydrogen) atoms. The molecule has 2 heterocycles. The van der Waals surface area contributed by atoms with E-state index in [-0.39, 0.29) is 0 Å². The van der Waals surface area contributed by atoms with Crippen molar-refractivity contribution in [2.24, 2.45) is 0 Å². The van der Waals surface area contributed by atoms with Crippen LogP contribution in [0.3, 0.4) is 0 Å². The molecular formula is C12H12N4O3. The summed E-state index contributed by atoms with van der Waals surface area (Å²) in [5.41, 5.74) is 1.54. The largest absolute Gasteiger partial charge is 0.481 e. The van der Waals surface area contributed by atoms with Crippen molar-refractivity contribution in [3.05, 3.63) is 30.2 Å². The Morgan fingerprint density at radius 2 is 2.26 bits per heavy atom. The number of carboxylic acids is 1. The molecule has 0 unspecified atom stereocenters. The molecule has 0 amide bonds. The summed E-state index contributed by atoms with van der Waals surface area (Å²) in [7, 11) is 1.53. The van der Waals surface area contributed by atoms with Crippen LogP contribution in [0.5, 0.6) is 5.88 Å². The van der Waals surface area contributed by atoms with Crippen molar-refractivity contribution < 1.29 is 14.6 Å². The van der Waals surface area contributed by atoms with Gasteiger partial charge in [0, 0.05) is 29.6 Å². The standard InChI is InChI=1S/C12H12N4O3/c1-8-5-9(6-10(14-8)19-2)12-13-7-16(15-12)4-3-11(17)18/h3-7H,1-2H3,(H,17,18)/b4-3-. The van der Waals surface area contributed by atoms with Gasteiger partial charge in [-0.25, -0.2) is 19.4 Å². The lowest BCUT2D eigenvalue weighted by Crippen LogP contribution is -1.94. The lowest BCUT2D eigenvalue weighted by atomic mass is 10.2. The van der Waals surface area contributed by atoms with Gasteiger partial charge in [0.2, 0.25) is 5.88 Å². The molecule has 0 aromatic carbocycles. The highest BCUT2D eigenvalue weighted by molar-refractivity contribution is 5.82. The molecule has 7 nitrogen and oxygen atoms in total. The van der Waals surface area contributed by atoms with Gasteiger partial charge < -0.3 is 9.84 Å². The highest BCUT2D eigenvalue weighted by Crippen LogP contribution is 2.20. The van der Waals surface area contributed by atoms with Gasteiger partial charge in [0.15, 0.2) is 5.82 Å². The van der Waals surface area contributed by atoms with Crippen molar-refractivity contribution in [3.63, 3.8) is 0 Å². The molecular weight excluding hydrogens is 248 g/mol. The first-order valence-electron chi connectivity index (χ1n) is 5.44. The highest BCUT2D eigenvalue weighted by atomic mass is 16.5. The molecule has 1 N–H and O–H groups in total. The van der Waals surface area contributed by atoms with Crippen LogP contribution < -0.4 is 4.74 Å². The first kappa shape index (κ1) is 12.7. The fraction of sp³-hybridized carbons (Fsp3) is 0.167. The molecule has 0 saturated heterocycles. The van der Waals surface area contributed by atoms with Gasteiger partial charge in [-0.2, -0.15) is 0 Å². The number of carboxylic acid groups (broad SMARTS) is 1. The molecule has 0 bridgehead atoms. The number of ether oxygens (including phenoxy) is 1. The van der Waals surface area contributed by atoms with Gasteiger partial charge in [0.1, 0.15) is 6.33 Å². The smallest absolute Gasteiger partial charge is 0.329 e. The van der Waals surface area contributed by atoms with Crippen LogP contribution in [0.25, 0.3) is 17.6 Å². The second-order valence-corrected chi connectivity index (χ2v) is 3.74. The van der Waals surface area contributed by atoms with Crippen molar-refractivity contribution in [1.82, 2.24) is 19.7 Å². The van der Waals surface area contributed by atoms with Crippen LogP contribution >= 0.6 is 0 Å². The third-order valence-electron chi connectivity index (χ3n) is 2.28. The fourth-order valence-electron chi connectivity index (χ4n) is 1.49. The average molecular weight is 260 g/mol. The maximum Gasteiger partial charge on any atom is 0.329 e. The minimum Gasteiger partial charge on any atom is -0.481 e. The Kier molecular flexibility index (Phi) is 3.56. The van der Waals surface area contributed by atoms with Crippen LogP contribution in [0.1, 0.15) is 5.69 Å². The van der Waals surface area contributed by atoms with E-state index in [0.717, 1.165) is 17.3 Å². The minimum absolute atomic E-state index is 0.471. The third-order valence-corrected chi connectivity index (χ3v) is 2.28. The SMILES string of the molecule is COc1cc(-c2ncn(/C=C\C(=O)O)n2)cc(C)n1. The number of methoxy groups -OCH3 is 1. The minimum atomic E-state index is -1.04. The molecule has 7 heteroatoms. The van der Waals surface area contributed by atoms with E-state index in [1.807, 2.05) is 13.0 Å². The zero-order chi connectivity index (χ0) is 13.8. The molecule has 2 rings (SSSR count). The molecule has 98 valence electrons. The predicted molar refractivity (Wildman–Crippen MR) is 67.5 cm³/mol. The van der Waals surface area contributed by atoms with Crippen LogP contribution in [0.4, 0.5) is 0 Å². The van der Waals surface area contributed by atoms with Crippen molar-refractivity contribution >= 4 is 12.2 Å². The van der Waals surface area contributed by atoms with E-state index in [9.17, 15) is 4.79 Å². The molecule has 0 spiro atoms. The number of aryl methyl sites for hydroxylation is 1. The van der Waals surface area contributed by atoms with Crippen LogP contribution in [0.2, 0.25) is 0 Å². The van der Waals surface area contributed by atoms with E-state index in [2.05, 4.69) is 15.1 Å². The van der Waals surface area contributed by atoms with Crippen LogP contribution in [-0.4, -0.2) is 37.9 Å². The number of aliphatic carboxylic acids is 1. The van der Waals surface area contributed by atoms with E-state index in [1.165, 1.54) is 24.3 Å². The second kappa shape index (κ2) is 5.30. The Morgan fingerprint density at radius 1 is 1.47 bits per heavy atom. The van der Waals surface area contributed by atoms with Crippen LogP contribution in [0, 0.1) is 6.92 Å². The Bertz CT molecular complexity index is 634. The first-order chi connectivity index (χ1) is 9.08. The summed E-state index contributed by atoms with van der Waals surface area (Å²) in [6.07, 6.45) is 3.72. The third kappa shape index (κ3) is 3.15. The molecule has 0 aliphatic rings. The van der Waals surface area contributed by atoms with E-state index in [0.29, 0.717) is 11.7 Å². The maximum atomic E-state index is 10.4. The quantitative estimate of drug-likeness (QED) is 0.831. The van der Waals surface area contributed by atoms with Gasteiger partial charge in [0.05, 0.1) is 7.11 Å². The Balaban J connectivity index is 2.32.